The predicted molar refractivity (Wildman–Crippen MR) is 73.3 cm³/mol. The van der Waals surface area contributed by atoms with Gasteiger partial charge < -0.3 is 10.1 Å². The summed E-state index contributed by atoms with van der Waals surface area (Å²) < 4.78 is 5.62. The van der Waals surface area contributed by atoms with E-state index in [9.17, 15) is 4.79 Å². The van der Waals surface area contributed by atoms with Crippen LogP contribution in [0.15, 0.2) is 18.2 Å². The summed E-state index contributed by atoms with van der Waals surface area (Å²) in [7, 11) is 0. The summed E-state index contributed by atoms with van der Waals surface area (Å²) in [5, 5.41) is 5.24. The van der Waals surface area contributed by atoms with Crippen molar-refractivity contribution < 1.29 is 9.53 Å². The number of anilines is 1. The second-order valence-electron chi connectivity index (χ2n) is 4.95. The molecule has 2 heterocycles. The lowest BCUT2D eigenvalue weighted by atomic mass is 10.1. The Bertz CT molecular complexity index is 470. The van der Waals surface area contributed by atoms with E-state index in [1.807, 2.05) is 23.2 Å². The first-order chi connectivity index (χ1) is 9.34. The Hall–Kier alpha value is -1.75. The van der Waals surface area contributed by atoms with Crippen LogP contribution in [0.5, 0.6) is 5.75 Å². The quantitative estimate of drug-likeness (QED) is 0.849. The number of hydrazine groups is 1. The Morgan fingerprint density at radius 1 is 1.26 bits per heavy atom. The van der Waals surface area contributed by atoms with E-state index < -0.39 is 0 Å². The second kappa shape index (κ2) is 5.48. The van der Waals surface area contributed by atoms with Crippen LogP contribution in [0.2, 0.25) is 0 Å². The van der Waals surface area contributed by atoms with Gasteiger partial charge in [0.15, 0.2) is 5.75 Å². The van der Waals surface area contributed by atoms with Gasteiger partial charge in [-0.2, -0.15) is 0 Å². The Balaban J connectivity index is 1.75. The van der Waals surface area contributed by atoms with Crippen molar-refractivity contribution in [1.82, 2.24) is 10.4 Å². The molecule has 3 rings (SSSR count). The smallest absolute Gasteiger partial charge is 0.269 e. The first kappa shape index (κ1) is 12.3. The maximum absolute atomic E-state index is 12.3. The number of nitrogens with one attached hydrogen (secondary N) is 2. The predicted octanol–water partition coefficient (Wildman–Crippen LogP) is 1.62. The molecule has 5 nitrogen and oxygen atoms in total. The molecular formula is C14H19N3O2. The Labute approximate surface area is 112 Å². The van der Waals surface area contributed by atoms with Gasteiger partial charge >= 0.3 is 0 Å². The number of carbonyl (C=O) groups excluding carboxylic acids is 1. The lowest BCUT2D eigenvalue weighted by Gasteiger charge is -2.28. The summed E-state index contributed by atoms with van der Waals surface area (Å²) in [6.45, 7) is 3.24. The first-order valence-electron chi connectivity index (χ1n) is 6.90. The van der Waals surface area contributed by atoms with Gasteiger partial charge in [-0.05, 0) is 25.0 Å². The van der Waals surface area contributed by atoms with E-state index in [0.29, 0.717) is 17.9 Å². The molecule has 102 valence electrons. The molecule has 1 amide bonds. The molecule has 0 saturated carbocycles. The van der Waals surface area contributed by atoms with Gasteiger partial charge in [0.05, 0.1) is 11.3 Å². The number of amides is 1. The maximum Gasteiger partial charge on any atom is 0.269 e. The number of piperidine rings is 1. The number of carbonyl (C=O) groups is 1. The van der Waals surface area contributed by atoms with E-state index in [-0.39, 0.29) is 5.91 Å². The fraction of sp³-hybridized carbons (Fsp3) is 0.500. The first-order valence-corrected chi connectivity index (χ1v) is 6.90. The third-order valence-corrected chi connectivity index (χ3v) is 3.54. The molecule has 2 N–H and O–H groups in total. The number of hydrogen-bond donors (Lipinski definition) is 2. The SMILES string of the molecule is O=C(NN1CCCCC1)c1cccc2c1OCCN2. The number of benzene rings is 1. The van der Waals surface area contributed by atoms with Crippen LogP contribution in [-0.2, 0) is 0 Å². The number of para-hydroxylation sites is 1. The molecule has 0 aromatic heterocycles. The van der Waals surface area contributed by atoms with Crippen LogP contribution < -0.4 is 15.5 Å². The van der Waals surface area contributed by atoms with Crippen molar-refractivity contribution >= 4 is 11.6 Å². The van der Waals surface area contributed by atoms with Gasteiger partial charge in [0.2, 0.25) is 0 Å². The fourth-order valence-corrected chi connectivity index (χ4v) is 2.56. The van der Waals surface area contributed by atoms with Gasteiger partial charge in [-0.3, -0.25) is 10.2 Å². The van der Waals surface area contributed by atoms with Crippen molar-refractivity contribution in [3.63, 3.8) is 0 Å². The summed E-state index contributed by atoms with van der Waals surface area (Å²) in [4.78, 5) is 12.3. The van der Waals surface area contributed by atoms with E-state index in [0.717, 1.165) is 38.2 Å². The highest BCUT2D eigenvalue weighted by Crippen LogP contribution is 2.31. The monoisotopic (exact) mass is 261 g/mol. The van der Waals surface area contributed by atoms with Crippen LogP contribution in [0.3, 0.4) is 0 Å². The van der Waals surface area contributed by atoms with Crippen LogP contribution in [0.25, 0.3) is 0 Å². The third-order valence-electron chi connectivity index (χ3n) is 3.54. The second-order valence-corrected chi connectivity index (χ2v) is 4.95. The van der Waals surface area contributed by atoms with E-state index in [2.05, 4.69) is 10.7 Å². The van der Waals surface area contributed by atoms with Crippen LogP contribution in [-0.4, -0.2) is 37.2 Å². The number of hydrogen-bond acceptors (Lipinski definition) is 4. The molecule has 2 aliphatic rings. The normalized spacial score (nSPS) is 18.9. The Morgan fingerprint density at radius 3 is 2.95 bits per heavy atom. The molecule has 2 aliphatic heterocycles. The molecule has 1 aromatic rings. The van der Waals surface area contributed by atoms with Crippen molar-refractivity contribution in [1.29, 1.82) is 0 Å². The highest BCUT2D eigenvalue weighted by molar-refractivity contribution is 5.98. The summed E-state index contributed by atoms with van der Waals surface area (Å²) in [5.74, 6) is 0.589. The standard InChI is InChI=1S/C14H19N3O2/c18-14(16-17-8-2-1-3-9-17)11-5-4-6-12-13(11)19-10-7-15-12/h4-6,15H,1-3,7-10H2,(H,16,18). The lowest BCUT2D eigenvalue weighted by molar-refractivity contribution is 0.0746. The van der Waals surface area contributed by atoms with Crippen molar-refractivity contribution in [3.8, 4) is 5.75 Å². The highest BCUT2D eigenvalue weighted by atomic mass is 16.5. The summed E-state index contributed by atoms with van der Waals surface area (Å²) in [6, 6.07) is 5.63. The fourth-order valence-electron chi connectivity index (χ4n) is 2.56. The van der Waals surface area contributed by atoms with Gasteiger partial charge in [0.25, 0.3) is 5.91 Å². The van der Waals surface area contributed by atoms with Crippen molar-refractivity contribution in [2.45, 2.75) is 19.3 Å². The molecule has 0 bridgehead atoms. The van der Waals surface area contributed by atoms with Gasteiger partial charge in [-0.25, -0.2) is 5.01 Å². The molecular weight excluding hydrogens is 242 g/mol. The minimum absolute atomic E-state index is 0.0811. The van der Waals surface area contributed by atoms with Crippen LogP contribution in [0, 0.1) is 0 Å². The van der Waals surface area contributed by atoms with Crippen LogP contribution >= 0.6 is 0 Å². The number of fused-ring (bicyclic) bond motifs is 1. The molecule has 0 atom stereocenters. The summed E-state index contributed by atoms with van der Waals surface area (Å²) >= 11 is 0. The van der Waals surface area contributed by atoms with E-state index in [1.54, 1.807) is 0 Å². The Kier molecular flexibility index (Phi) is 3.55. The minimum Gasteiger partial charge on any atom is -0.489 e. The number of nitrogens with zero attached hydrogens (tertiary/aromatic N) is 1. The largest absolute Gasteiger partial charge is 0.489 e. The molecule has 5 heteroatoms. The summed E-state index contributed by atoms with van der Waals surface area (Å²) in [5.41, 5.74) is 4.48. The van der Waals surface area contributed by atoms with Crippen molar-refractivity contribution in [2.24, 2.45) is 0 Å². The molecule has 0 radical (unpaired) electrons. The number of ether oxygens (including phenoxy) is 1. The zero-order chi connectivity index (χ0) is 13.1. The van der Waals surface area contributed by atoms with Gasteiger partial charge in [-0.15, -0.1) is 0 Å². The highest BCUT2D eigenvalue weighted by Gasteiger charge is 2.21. The molecule has 1 aromatic carbocycles. The summed E-state index contributed by atoms with van der Waals surface area (Å²) in [6.07, 6.45) is 3.54. The topological polar surface area (TPSA) is 53.6 Å². The van der Waals surface area contributed by atoms with E-state index in [4.69, 9.17) is 4.74 Å². The minimum atomic E-state index is -0.0811. The molecule has 0 unspecified atom stereocenters. The van der Waals surface area contributed by atoms with E-state index in [1.165, 1.54) is 6.42 Å². The van der Waals surface area contributed by atoms with Crippen molar-refractivity contribution in [2.75, 3.05) is 31.6 Å². The average Bonchev–Trinajstić information content (AvgIpc) is 2.47. The van der Waals surface area contributed by atoms with Gasteiger partial charge in [-0.1, -0.05) is 12.5 Å². The molecule has 0 spiro atoms. The Morgan fingerprint density at radius 2 is 2.11 bits per heavy atom. The lowest BCUT2D eigenvalue weighted by Crippen LogP contribution is -2.45. The number of rotatable bonds is 2. The van der Waals surface area contributed by atoms with Gasteiger partial charge in [0, 0.05) is 19.6 Å². The van der Waals surface area contributed by atoms with Crippen LogP contribution in [0.4, 0.5) is 5.69 Å². The molecule has 1 saturated heterocycles. The van der Waals surface area contributed by atoms with Crippen molar-refractivity contribution in [3.05, 3.63) is 23.8 Å². The van der Waals surface area contributed by atoms with E-state index >= 15 is 0 Å². The molecule has 0 aliphatic carbocycles. The molecule has 19 heavy (non-hydrogen) atoms. The molecule has 1 fully saturated rings. The zero-order valence-electron chi connectivity index (χ0n) is 10.9. The zero-order valence-corrected chi connectivity index (χ0v) is 10.9. The third kappa shape index (κ3) is 2.66. The average molecular weight is 261 g/mol. The maximum atomic E-state index is 12.3. The van der Waals surface area contributed by atoms with Crippen LogP contribution in [0.1, 0.15) is 29.6 Å². The van der Waals surface area contributed by atoms with Gasteiger partial charge in [0.1, 0.15) is 6.61 Å².